The number of sulfonamides is 1. The van der Waals surface area contributed by atoms with E-state index in [-0.39, 0.29) is 11.6 Å². The van der Waals surface area contributed by atoms with Gasteiger partial charge in [0.1, 0.15) is 0 Å². The van der Waals surface area contributed by atoms with Gasteiger partial charge in [0.2, 0.25) is 10.0 Å². The minimum absolute atomic E-state index is 0.0910. The molecule has 124 valence electrons. The van der Waals surface area contributed by atoms with E-state index >= 15 is 0 Å². The lowest BCUT2D eigenvalue weighted by Crippen LogP contribution is -2.17. The molecule has 1 aromatic carbocycles. The van der Waals surface area contributed by atoms with Crippen molar-refractivity contribution in [1.29, 1.82) is 0 Å². The van der Waals surface area contributed by atoms with Gasteiger partial charge in [-0.05, 0) is 44.0 Å². The summed E-state index contributed by atoms with van der Waals surface area (Å²) in [6, 6.07) is 9.37. The van der Waals surface area contributed by atoms with Crippen LogP contribution in [-0.2, 0) is 10.0 Å². The molecule has 0 radical (unpaired) electrons. The fourth-order valence-corrected chi connectivity index (χ4v) is 3.29. The first-order chi connectivity index (χ1) is 10.9. The van der Waals surface area contributed by atoms with Crippen LogP contribution in [0.25, 0.3) is 0 Å². The summed E-state index contributed by atoms with van der Waals surface area (Å²) in [4.78, 5) is 0. The van der Waals surface area contributed by atoms with E-state index in [2.05, 4.69) is 26.3 Å². The highest BCUT2D eigenvalue weighted by Gasteiger charge is 2.10. The summed E-state index contributed by atoms with van der Waals surface area (Å²) >= 11 is 0. The Labute approximate surface area is 137 Å². The standard InChI is InChI=1S/C16H22N4O2S/c1-4-5-10-23(21,22)20-16-9-8-15(18-19-16)17-14-7-6-12(2)11-13(14)3/h6-9,11H,4-5,10H2,1-3H3,(H,17,18)(H,19,20). The smallest absolute Gasteiger partial charge is 0.233 e. The molecule has 0 saturated heterocycles. The van der Waals surface area contributed by atoms with Crippen LogP contribution < -0.4 is 10.0 Å². The van der Waals surface area contributed by atoms with Gasteiger partial charge < -0.3 is 5.32 Å². The minimum Gasteiger partial charge on any atom is -0.339 e. The number of nitrogens with one attached hydrogen (secondary N) is 2. The summed E-state index contributed by atoms with van der Waals surface area (Å²) in [7, 11) is -3.35. The molecule has 23 heavy (non-hydrogen) atoms. The molecule has 1 heterocycles. The number of rotatable bonds is 7. The zero-order chi connectivity index (χ0) is 16.9. The Hall–Kier alpha value is -2.15. The summed E-state index contributed by atoms with van der Waals surface area (Å²) in [5.41, 5.74) is 3.24. The molecule has 7 heteroatoms. The van der Waals surface area contributed by atoms with Crippen molar-refractivity contribution in [2.24, 2.45) is 0 Å². The van der Waals surface area contributed by atoms with Crippen molar-refractivity contribution in [2.75, 3.05) is 15.8 Å². The Balaban J connectivity index is 2.05. The summed E-state index contributed by atoms with van der Waals surface area (Å²) in [5.74, 6) is 0.883. The van der Waals surface area contributed by atoms with Crippen LogP contribution in [0.5, 0.6) is 0 Å². The van der Waals surface area contributed by atoms with Crippen molar-refractivity contribution in [3.05, 3.63) is 41.5 Å². The summed E-state index contributed by atoms with van der Waals surface area (Å²) in [6.07, 6.45) is 1.44. The molecule has 2 N–H and O–H groups in total. The Morgan fingerprint density at radius 1 is 1.04 bits per heavy atom. The third kappa shape index (κ3) is 5.21. The van der Waals surface area contributed by atoms with Gasteiger partial charge in [-0.15, -0.1) is 10.2 Å². The number of anilines is 3. The van der Waals surface area contributed by atoms with Gasteiger partial charge in [-0.25, -0.2) is 8.42 Å². The quantitative estimate of drug-likeness (QED) is 0.811. The van der Waals surface area contributed by atoms with Gasteiger partial charge in [-0.3, -0.25) is 4.72 Å². The fraction of sp³-hybridized carbons (Fsp3) is 0.375. The Kier molecular flexibility index (Phi) is 5.54. The molecular weight excluding hydrogens is 312 g/mol. The number of aryl methyl sites for hydroxylation is 2. The van der Waals surface area contributed by atoms with Crippen LogP contribution in [0.4, 0.5) is 17.3 Å². The Morgan fingerprint density at radius 2 is 1.74 bits per heavy atom. The van der Waals surface area contributed by atoms with E-state index in [0.29, 0.717) is 12.2 Å². The number of unbranched alkanes of at least 4 members (excludes halogenated alkanes) is 1. The minimum atomic E-state index is -3.35. The monoisotopic (exact) mass is 334 g/mol. The van der Waals surface area contributed by atoms with Crippen molar-refractivity contribution in [3.8, 4) is 0 Å². The zero-order valence-electron chi connectivity index (χ0n) is 13.6. The van der Waals surface area contributed by atoms with E-state index in [1.165, 1.54) is 5.56 Å². The van der Waals surface area contributed by atoms with Gasteiger partial charge in [-0.1, -0.05) is 31.0 Å². The third-order valence-electron chi connectivity index (χ3n) is 3.34. The average Bonchev–Trinajstić information content (AvgIpc) is 2.50. The molecule has 0 spiro atoms. The molecule has 6 nitrogen and oxygen atoms in total. The molecule has 0 fully saturated rings. The highest BCUT2D eigenvalue weighted by Crippen LogP contribution is 2.20. The van der Waals surface area contributed by atoms with Crippen molar-refractivity contribution in [3.63, 3.8) is 0 Å². The van der Waals surface area contributed by atoms with Crippen LogP contribution in [-0.4, -0.2) is 24.4 Å². The van der Waals surface area contributed by atoms with E-state index in [0.717, 1.165) is 17.7 Å². The van der Waals surface area contributed by atoms with Crippen LogP contribution in [0.2, 0.25) is 0 Å². The van der Waals surface area contributed by atoms with Crippen molar-refractivity contribution in [2.45, 2.75) is 33.6 Å². The maximum atomic E-state index is 11.8. The predicted molar refractivity (Wildman–Crippen MR) is 93.5 cm³/mol. The first kappa shape index (κ1) is 17.2. The van der Waals surface area contributed by atoms with Crippen molar-refractivity contribution in [1.82, 2.24) is 10.2 Å². The normalized spacial score (nSPS) is 11.3. The summed E-state index contributed by atoms with van der Waals surface area (Å²) < 4.78 is 26.1. The second-order valence-corrected chi connectivity index (χ2v) is 7.36. The lowest BCUT2D eigenvalue weighted by Gasteiger charge is -2.10. The fourth-order valence-electron chi connectivity index (χ4n) is 2.09. The van der Waals surface area contributed by atoms with E-state index in [1.54, 1.807) is 12.1 Å². The number of benzene rings is 1. The molecule has 0 amide bonds. The number of hydrogen-bond acceptors (Lipinski definition) is 5. The Bertz CT molecular complexity index is 758. The maximum absolute atomic E-state index is 11.8. The van der Waals surface area contributed by atoms with E-state index < -0.39 is 10.0 Å². The maximum Gasteiger partial charge on any atom is 0.233 e. The second kappa shape index (κ2) is 7.41. The highest BCUT2D eigenvalue weighted by molar-refractivity contribution is 7.92. The van der Waals surface area contributed by atoms with Crippen LogP contribution in [0.1, 0.15) is 30.9 Å². The summed E-state index contributed by atoms with van der Waals surface area (Å²) in [6.45, 7) is 6.00. The molecule has 0 aliphatic rings. The van der Waals surface area contributed by atoms with Crippen LogP contribution in [0, 0.1) is 13.8 Å². The van der Waals surface area contributed by atoms with Gasteiger partial charge in [0.05, 0.1) is 5.75 Å². The molecule has 2 aromatic rings. The Morgan fingerprint density at radius 3 is 2.35 bits per heavy atom. The lowest BCUT2D eigenvalue weighted by molar-refractivity contribution is 0.597. The molecule has 0 atom stereocenters. The molecule has 0 aliphatic carbocycles. The molecular formula is C16H22N4O2S. The average molecular weight is 334 g/mol. The number of nitrogens with zero attached hydrogens (tertiary/aromatic N) is 2. The molecule has 1 aromatic heterocycles. The first-order valence-corrected chi connectivity index (χ1v) is 9.23. The molecule has 0 unspecified atom stereocenters. The topological polar surface area (TPSA) is 84.0 Å². The van der Waals surface area contributed by atoms with Gasteiger partial charge in [0.15, 0.2) is 11.6 Å². The van der Waals surface area contributed by atoms with Gasteiger partial charge >= 0.3 is 0 Å². The van der Waals surface area contributed by atoms with Crippen molar-refractivity contribution < 1.29 is 8.42 Å². The molecule has 0 aliphatic heterocycles. The zero-order valence-corrected chi connectivity index (χ0v) is 14.4. The first-order valence-electron chi connectivity index (χ1n) is 7.58. The van der Waals surface area contributed by atoms with Crippen LogP contribution in [0.15, 0.2) is 30.3 Å². The SMILES string of the molecule is CCCCS(=O)(=O)Nc1ccc(Nc2ccc(C)cc2C)nn1. The van der Waals surface area contributed by atoms with E-state index in [1.807, 2.05) is 32.9 Å². The van der Waals surface area contributed by atoms with Gasteiger partial charge in [0.25, 0.3) is 0 Å². The predicted octanol–water partition coefficient (Wildman–Crippen LogP) is 3.38. The lowest BCUT2D eigenvalue weighted by atomic mass is 10.1. The summed E-state index contributed by atoms with van der Waals surface area (Å²) in [5, 5.41) is 11.1. The molecule has 2 rings (SSSR count). The van der Waals surface area contributed by atoms with Crippen LogP contribution in [0.3, 0.4) is 0 Å². The molecule has 0 bridgehead atoms. The van der Waals surface area contributed by atoms with E-state index in [9.17, 15) is 8.42 Å². The second-order valence-electron chi connectivity index (χ2n) is 5.52. The van der Waals surface area contributed by atoms with Crippen LogP contribution >= 0.6 is 0 Å². The largest absolute Gasteiger partial charge is 0.339 e. The highest BCUT2D eigenvalue weighted by atomic mass is 32.2. The van der Waals surface area contributed by atoms with E-state index in [4.69, 9.17) is 0 Å². The number of hydrogen-bond donors (Lipinski definition) is 2. The molecule has 0 saturated carbocycles. The van der Waals surface area contributed by atoms with Crippen molar-refractivity contribution >= 4 is 27.3 Å². The third-order valence-corrected chi connectivity index (χ3v) is 4.68. The van der Waals surface area contributed by atoms with Gasteiger partial charge in [-0.2, -0.15) is 0 Å². The van der Waals surface area contributed by atoms with Gasteiger partial charge in [0, 0.05) is 5.69 Å². The number of aromatic nitrogens is 2.